The second-order valence-corrected chi connectivity index (χ2v) is 14.2. The molecule has 2 atom stereocenters. The summed E-state index contributed by atoms with van der Waals surface area (Å²) in [6.07, 6.45) is -2.26. The first-order valence-electron chi connectivity index (χ1n) is 12.4. The summed E-state index contributed by atoms with van der Waals surface area (Å²) in [5.74, 6) is 0. The van der Waals surface area contributed by atoms with Crippen molar-refractivity contribution in [3.05, 3.63) is 78.6 Å². The second kappa shape index (κ2) is 11.5. The molecule has 1 aliphatic heterocycles. The number of alkyl halides is 3. The first kappa shape index (κ1) is 31.3. The quantitative estimate of drug-likeness (QED) is 0.368. The standard InChI is InChI=1S/C26H29F3N4O5S3/c1-25(34,26(27,28)29)19-9-11-20(12-10-19)33-15-14-32(41(37,38)24-8-4-3-7-23(24)39)18-21(33)17-31(2)40(35,36)22-6-5-13-30-16-22/h3-13,16,21,34,39H,14-15,17-18H2,1-2H3/t21-,25+/m0/s1. The number of benzene rings is 2. The molecule has 0 aliphatic carbocycles. The number of hydrogen-bond donors (Lipinski definition) is 2. The molecule has 1 fully saturated rings. The van der Waals surface area contributed by atoms with Gasteiger partial charge in [0.2, 0.25) is 20.0 Å². The number of nitrogens with zero attached hydrogens (tertiary/aromatic N) is 4. The summed E-state index contributed by atoms with van der Waals surface area (Å²) in [5.41, 5.74) is -3.00. The van der Waals surface area contributed by atoms with Crippen molar-refractivity contribution < 1.29 is 35.1 Å². The van der Waals surface area contributed by atoms with Crippen LogP contribution in [0.15, 0.2) is 87.7 Å². The van der Waals surface area contributed by atoms with Crippen LogP contribution >= 0.6 is 12.6 Å². The molecule has 1 aromatic heterocycles. The van der Waals surface area contributed by atoms with Crippen molar-refractivity contribution in [2.24, 2.45) is 0 Å². The number of sulfonamides is 2. The van der Waals surface area contributed by atoms with Gasteiger partial charge in [-0.2, -0.15) is 21.8 Å². The highest BCUT2D eigenvalue weighted by atomic mass is 32.2. The number of thiol groups is 1. The minimum Gasteiger partial charge on any atom is -0.376 e. The van der Waals surface area contributed by atoms with Gasteiger partial charge in [-0.05, 0) is 48.9 Å². The third-order valence-electron chi connectivity index (χ3n) is 7.05. The van der Waals surface area contributed by atoms with Crippen molar-refractivity contribution >= 4 is 38.4 Å². The molecule has 1 N–H and O–H groups in total. The van der Waals surface area contributed by atoms with Crippen molar-refractivity contribution in [1.82, 2.24) is 13.6 Å². The van der Waals surface area contributed by atoms with E-state index in [1.807, 2.05) is 0 Å². The first-order valence-corrected chi connectivity index (χ1v) is 15.7. The van der Waals surface area contributed by atoms with Crippen LogP contribution in [0.1, 0.15) is 12.5 Å². The maximum Gasteiger partial charge on any atom is 0.421 e. The molecule has 3 aromatic rings. The summed E-state index contributed by atoms with van der Waals surface area (Å²) >= 11 is 4.28. The van der Waals surface area contributed by atoms with E-state index in [1.165, 1.54) is 54.1 Å². The smallest absolute Gasteiger partial charge is 0.376 e. The Labute approximate surface area is 242 Å². The van der Waals surface area contributed by atoms with Gasteiger partial charge >= 0.3 is 6.18 Å². The molecule has 0 spiro atoms. The number of pyridine rings is 1. The van der Waals surface area contributed by atoms with Gasteiger partial charge in [0.05, 0.1) is 10.9 Å². The van der Waals surface area contributed by atoms with E-state index in [4.69, 9.17) is 0 Å². The Morgan fingerprint density at radius 2 is 1.68 bits per heavy atom. The third-order valence-corrected chi connectivity index (χ3v) is 11.3. The van der Waals surface area contributed by atoms with Crippen LogP contribution in [0, 0.1) is 0 Å². The Morgan fingerprint density at radius 3 is 2.27 bits per heavy atom. The number of hydrogen-bond acceptors (Lipinski definition) is 8. The molecule has 0 unspecified atom stereocenters. The van der Waals surface area contributed by atoms with Crippen molar-refractivity contribution in [3.8, 4) is 0 Å². The fraction of sp³-hybridized carbons (Fsp3) is 0.346. The van der Waals surface area contributed by atoms with Crippen LogP contribution in [0.3, 0.4) is 0 Å². The molecule has 0 amide bonds. The fourth-order valence-electron chi connectivity index (χ4n) is 4.57. The van der Waals surface area contributed by atoms with Gasteiger partial charge in [0.15, 0.2) is 5.60 Å². The number of aliphatic hydroxyl groups is 1. The monoisotopic (exact) mass is 630 g/mol. The SMILES string of the molecule is CN(C[C@H]1CN(S(=O)(=O)c2ccccc2S)CCN1c1ccc([C@@](C)(O)C(F)(F)F)cc1)S(=O)(=O)c1cccnc1. The largest absolute Gasteiger partial charge is 0.421 e. The summed E-state index contributed by atoms with van der Waals surface area (Å²) in [5, 5.41) is 10.1. The van der Waals surface area contributed by atoms with Gasteiger partial charge < -0.3 is 10.0 Å². The summed E-state index contributed by atoms with van der Waals surface area (Å²) in [4.78, 5) is 5.83. The topological polar surface area (TPSA) is 111 Å². The summed E-state index contributed by atoms with van der Waals surface area (Å²) in [6.45, 7) is 0.551. The molecule has 0 saturated carbocycles. The van der Waals surface area contributed by atoms with E-state index in [0.29, 0.717) is 12.6 Å². The van der Waals surface area contributed by atoms with E-state index in [1.54, 1.807) is 23.1 Å². The van der Waals surface area contributed by atoms with Gasteiger partial charge in [0.25, 0.3) is 0 Å². The summed E-state index contributed by atoms with van der Waals surface area (Å²) in [6, 6.07) is 13.4. The van der Waals surface area contributed by atoms with E-state index >= 15 is 0 Å². The van der Waals surface area contributed by atoms with E-state index < -0.39 is 37.9 Å². The Balaban J connectivity index is 1.68. The normalized spacial score (nSPS) is 18.8. The van der Waals surface area contributed by atoms with E-state index in [9.17, 15) is 35.1 Å². The Morgan fingerprint density at radius 1 is 1.02 bits per heavy atom. The van der Waals surface area contributed by atoms with Gasteiger partial charge in [-0.1, -0.05) is 24.3 Å². The van der Waals surface area contributed by atoms with Crippen molar-refractivity contribution in [1.29, 1.82) is 0 Å². The number of anilines is 1. The molecule has 2 heterocycles. The Hall–Kier alpha value is -2.69. The minimum atomic E-state index is -4.90. The van der Waals surface area contributed by atoms with Crippen LogP contribution in [0.2, 0.25) is 0 Å². The average Bonchev–Trinajstić information content (AvgIpc) is 2.93. The maximum absolute atomic E-state index is 13.5. The maximum atomic E-state index is 13.5. The number of rotatable bonds is 8. The molecule has 0 radical (unpaired) electrons. The number of aromatic nitrogens is 1. The summed E-state index contributed by atoms with van der Waals surface area (Å²) < 4.78 is 96.0. The van der Waals surface area contributed by atoms with Crippen molar-refractivity contribution in [3.63, 3.8) is 0 Å². The van der Waals surface area contributed by atoms with Crippen molar-refractivity contribution in [2.45, 2.75) is 39.4 Å². The zero-order valence-corrected chi connectivity index (χ0v) is 24.6. The third kappa shape index (κ3) is 6.24. The van der Waals surface area contributed by atoms with Gasteiger partial charge in [-0.25, -0.2) is 16.8 Å². The molecule has 222 valence electrons. The highest BCUT2D eigenvalue weighted by Crippen LogP contribution is 2.39. The van der Waals surface area contributed by atoms with Gasteiger partial charge in [-0.15, -0.1) is 12.6 Å². The Kier molecular flexibility index (Phi) is 8.79. The van der Waals surface area contributed by atoms with Gasteiger partial charge in [0, 0.05) is 56.2 Å². The molecule has 4 rings (SSSR count). The zero-order chi connectivity index (χ0) is 30.2. The lowest BCUT2D eigenvalue weighted by molar-refractivity contribution is -0.258. The molecular weight excluding hydrogens is 602 g/mol. The van der Waals surface area contributed by atoms with Crippen LogP contribution in [0.4, 0.5) is 18.9 Å². The van der Waals surface area contributed by atoms with E-state index in [0.717, 1.165) is 16.4 Å². The predicted molar refractivity (Wildman–Crippen MR) is 150 cm³/mol. The lowest BCUT2D eigenvalue weighted by atomic mass is 9.95. The lowest BCUT2D eigenvalue weighted by Crippen LogP contribution is -2.58. The fourth-order valence-corrected chi connectivity index (χ4v) is 7.80. The van der Waals surface area contributed by atoms with Gasteiger partial charge in [0.1, 0.15) is 4.90 Å². The number of piperazine rings is 1. The molecule has 0 bridgehead atoms. The number of halogens is 3. The molecule has 2 aromatic carbocycles. The molecular formula is C26H29F3N4O5S3. The summed E-state index contributed by atoms with van der Waals surface area (Å²) in [7, 11) is -6.63. The van der Waals surface area contributed by atoms with Crippen LogP contribution in [0.5, 0.6) is 0 Å². The minimum absolute atomic E-state index is 0.00519. The lowest BCUT2D eigenvalue weighted by Gasteiger charge is -2.43. The first-order chi connectivity index (χ1) is 19.1. The van der Waals surface area contributed by atoms with Gasteiger partial charge in [-0.3, -0.25) is 4.98 Å². The van der Waals surface area contributed by atoms with Crippen molar-refractivity contribution in [2.75, 3.05) is 38.1 Å². The molecule has 41 heavy (non-hydrogen) atoms. The average molecular weight is 631 g/mol. The number of likely N-dealkylation sites (N-methyl/N-ethyl adjacent to an activating group) is 1. The second-order valence-electron chi connectivity index (χ2n) is 9.77. The van der Waals surface area contributed by atoms with Crippen LogP contribution < -0.4 is 4.90 Å². The zero-order valence-electron chi connectivity index (χ0n) is 22.1. The van der Waals surface area contributed by atoms with Crippen LogP contribution in [-0.4, -0.2) is 81.0 Å². The molecule has 9 nitrogen and oxygen atoms in total. The molecule has 15 heteroatoms. The van der Waals surface area contributed by atoms with Crippen LogP contribution in [0.25, 0.3) is 0 Å². The van der Waals surface area contributed by atoms with E-state index in [2.05, 4.69) is 17.6 Å². The van der Waals surface area contributed by atoms with Crippen LogP contribution in [-0.2, 0) is 25.6 Å². The predicted octanol–water partition coefficient (Wildman–Crippen LogP) is 3.34. The van der Waals surface area contributed by atoms with E-state index in [-0.39, 0.29) is 46.4 Å². The Bertz CT molecular complexity index is 1590. The molecule has 1 saturated heterocycles. The highest BCUT2D eigenvalue weighted by molar-refractivity contribution is 7.90. The highest BCUT2D eigenvalue weighted by Gasteiger charge is 2.51. The molecule has 1 aliphatic rings.